The Morgan fingerprint density at radius 2 is 1.59 bits per heavy atom. The quantitative estimate of drug-likeness (QED) is 0.681. The number of unbranched alkanes of at least 4 members (excludes halogenated alkanes) is 1. The molecule has 22 heavy (non-hydrogen) atoms. The first-order valence-electron chi connectivity index (χ1n) is 8.66. The zero-order valence-corrected chi connectivity index (χ0v) is 13.9. The molecule has 4 nitrogen and oxygen atoms in total. The zero-order chi connectivity index (χ0) is 15.6. The SMILES string of the molecule is CCN1CCN(Cc2ccc(CNCCCCO)cc2)CC1. The fourth-order valence-electron chi connectivity index (χ4n) is 2.88. The average molecular weight is 305 g/mol. The highest BCUT2D eigenvalue weighted by Gasteiger charge is 2.15. The first-order valence-corrected chi connectivity index (χ1v) is 8.66. The third-order valence-corrected chi connectivity index (χ3v) is 4.43. The lowest BCUT2D eigenvalue weighted by Crippen LogP contribution is -2.45. The Hall–Kier alpha value is -0.940. The molecule has 1 fully saturated rings. The van der Waals surface area contributed by atoms with Crippen LogP contribution in [0.3, 0.4) is 0 Å². The molecule has 1 aliphatic heterocycles. The van der Waals surface area contributed by atoms with Crippen LogP contribution in [0.5, 0.6) is 0 Å². The molecular weight excluding hydrogens is 274 g/mol. The topological polar surface area (TPSA) is 38.7 Å². The van der Waals surface area contributed by atoms with Gasteiger partial charge in [-0.1, -0.05) is 31.2 Å². The predicted octanol–water partition coefficient (Wildman–Crippen LogP) is 1.69. The molecule has 1 aromatic rings. The number of aliphatic hydroxyl groups excluding tert-OH is 1. The predicted molar refractivity (Wildman–Crippen MR) is 91.9 cm³/mol. The van der Waals surface area contributed by atoms with Crippen LogP contribution in [0.1, 0.15) is 30.9 Å². The summed E-state index contributed by atoms with van der Waals surface area (Å²) in [6.45, 7) is 11.4. The van der Waals surface area contributed by atoms with Gasteiger partial charge in [0.25, 0.3) is 0 Å². The summed E-state index contributed by atoms with van der Waals surface area (Å²) in [6.07, 6.45) is 1.93. The van der Waals surface area contributed by atoms with Crippen molar-refractivity contribution in [2.24, 2.45) is 0 Å². The van der Waals surface area contributed by atoms with Gasteiger partial charge in [-0.15, -0.1) is 0 Å². The van der Waals surface area contributed by atoms with E-state index < -0.39 is 0 Å². The fraction of sp³-hybridized carbons (Fsp3) is 0.667. The molecule has 1 aliphatic rings. The highest BCUT2D eigenvalue weighted by molar-refractivity contribution is 5.22. The maximum absolute atomic E-state index is 8.74. The Kier molecular flexibility index (Phi) is 7.88. The van der Waals surface area contributed by atoms with Crippen LogP contribution in [0.2, 0.25) is 0 Å². The van der Waals surface area contributed by atoms with Crippen LogP contribution < -0.4 is 5.32 Å². The summed E-state index contributed by atoms with van der Waals surface area (Å²) in [7, 11) is 0. The molecule has 0 radical (unpaired) electrons. The first kappa shape index (κ1) is 17.4. The minimum absolute atomic E-state index is 0.295. The Bertz CT molecular complexity index is 399. The minimum Gasteiger partial charge on any atom is -0.396 e. The third kappa shape index (κ3) is 6.05. The van der Waals surface area contributed by atoms with Gasteiger partial charge in [0.2, 0.25) is 0 Å². The second kappa shape index (κ2) is 9.95. The lowest BCUT2D eigenvalue weighted by molar-refractivity contribution is 0.132. The summed E-state index contributed by atoms with van der Waals surface area (Å²) in [5.41, 5.74) is 2.75. The Balaban J connectivity index is 1.68. The molecule has 1 aromatic carbocycles. The van der Waals surface area contributed by atoms with E-state index >= 15 is 0 Å². The van der Waals surface area contributed by atoms with Gasteiger partial charge in [-0.05, 0) is 37.1 Å². The van der Waals surface area contributed by atoms with E-state index in [0.29, 0.717) is 6.61 Å². The van der Waals surface area contributed by atoms with Gasteiger partial charge in [0, 0.05) is 45.9 Å². The normalized spacial score (nSPS) is 17.0. The van der Waals surface area contributed by atoms with Gasteiger partial charge in [-0.25, -0.2) is 0 Å². The smallest absolute Gasteiger partial charge is 0.0431 e. The average Bonchev–Trinajstić information content (AvgIpc) is 2.57. The highest BCUT2D eigenvalue weighted by atomic mass is 16.2. The van der Waals surface area contributed by atoms with Crippen molar-refractivity contribution < 1.29 is 5.11 Å². The zero-order valence-electron chi connectivity index (χ0n) is 13.9. The lowest BCUT2D eigenvalue weighted by atomic mass is 10.1. The minimum atomic E-state index is 0.295. The maximum Gasteiger partial charge on any atom is 0.0431 e. The molecule has 0 atom stereocenters. The summed E-state index contributed by atoms with van der Waals surface area (Å²) in [5.74, 6) is 0. The Morgan fingerprint density at radius 3 is 2.23 bits per heavy atom. The van der Waals surface area contributed by atoms with Crippen molar-refractivity contribution in [1.82, 2.24) is 15.1 Å². The van der Waals surface area contributed by atoms with E-state index in [4.69, 9.17) is 5.11 Å². The summed E-state index contributed by atoms with van der Waals surface area (Å²) < 4.78 is 0. The van der Waals surface area contributed by atoms with E-state index in [0.717, 1.165) is 32.5 Å². The summed E-state index contributed by atoms with van der Waals surface area (Å²) in [4.78, 5) is 5.07. The molecule has 0 bridgehead atoms. The van der Waals surface area contributed by atoms with Gasteiger partial charge in [0.1, 0.15) is 0 Å². The molecule has 1 saturated heterocycles. The van der Waals surface area contributed by atoms with Crippen molar-refractivity contribution in [3.8, 4) is 0 Å². The largest absolute Gasteiger partial charge is 0.396 e. The number of hydrogen-bond donors (Lipinski definition) is 2. The van der Waals surface area contributed by atoms with Crippen molar-refractivity contribution in [3.05, 3.63) is 35.4 Å². The van der Waals surface area contributed by atoms with Crippen LogP contribution in [-0.2, 0) is 13.1 Å². The van der Waals surface area contributed by atoms with Crippen LogP contribution in [-0.4, -0.2) is 60.8 Å². The molecule has 1 heterocycles. The van der Waals surface area contributed by atoms with E-state index in [9.17, 15) is 0 Å². The summed E-state index contributed by atoms with van der Waals surface area (Å²) >= 11 is 0. The van der Waals surface area contributed by atoms with Crippen LogP contribution in [0, 0.1) is 0 Å². The van der Waals surface area contributed by atoms with Crippen molar-refractivity contribution in [2.45, 2.75) is 32.9 Å². The molecule has 124 valence electrons. The van der Waals surface area contributed by atoms with Gasteiger partial charge in [0.15, 0.2) is 0 Å². The standard InChI is InChI=1S/C18H31N3O/c1-2-20-10-12-21(13-11-20)16-18-7-5-17(6-8-18)15-19-9-3-4-14-22/h5-8,19,22H,2-4,9-16H2,1H3. The number of rotatable bonds is 9. The van der Waals surface area contributed by atoms with Crippen LogP contribution in [0.25, 0.3) is 0 Å². The van der Waals surface area contributed by atoms with Gasteiger partial charge >= 0.3 is 0 Å². The number of benzene rings is 1. The molecule has 0 amide bonds. The molecule has 0 unspecified atom stereocenters. The molecule has 2 N–H and O–H groups in total. The third-order valence-electron chi connectivity index (χ3n) is 4.43. The van der Waals surface area contributed by atoms with E-state index in [1.54, 1.807) is 0 Å². The number of nitrogens with zero attached hydrogens (tertiary/aromatic N) is 2. The second-order valence-corrected chi connectivity index (χ2v) is 6.13. The van der Waals surface area contributed by atoms with Crippen molar-refractivity contribution in [3.63, 3.8) is 0 Å². The summed E-state index contributed by atoms with van der Waals surface area (Å²) in [6, 6.07) is 8.99. The van der Waals surface area contributed by atoms with E-state index in [1.807, 2.05) is 0 Å². The van der Waals surface area contributed by atoms with Crippen molar-refractivity contribution in [1.29, 1.82) is 0 Å². The summed E-state index contributed by atoms with van der Waals surface area (Å²) in [5, 5.41) is 12.2. The van der Waals surface area contributed by atoms with Crippen molar-refractivity contribution in [2.75, 3.05) is 45.9 Å². The number of piperazine rings is 1. The van der Waals surface area contributed by atoms with Gasteiger partial charge in [0.05, 0.1) is 0 Å². The Labute approximate surface area is 135 Å². The molecule has 2 rings (SSSR count). The molecule has 0 saturated carbocycles. The fourth-order valence-corrected chi connectivity index (χ4v) is 2.88. The van der Waals surface area contributed by atoms with Crippen LogP contribution in [0.4, 0.5) is 0 Å². The number of hydrogen-bond acceptors (Lipinski definition) is 4. The number of likely N-dealkylation sites (N-methyl/N-ethyl adjacent to an activating group) is 1. The molecule has 0 aliphatic carbocycles. The van der Waals surface area contributed by atoms with Gasteiger partial charge < -0.3 is 15.3 Å². The molecule has 0 aromatic heterocycles. The molecule has 0 spiro atoms. The van der Waals surface area contributed by atoms with E-state index in [-0.39, 0.29) is 0 Å². The van der Waals surface area contributed by atoms with Gasteiger partial charge in [-0.3, -0.25) is 4.90 Å². The molecular formula is C18H31N3O. The second-order valence-electron chi connectivity index (χ2n) is 6.13. The van der Waals surface area contributed by atoms with E-state index in [2.05, 4.69) is 46.3 Å². The highest BCUT2D eigenvalue weighted by Crippen LogP contribution is 2.10. The molecule has 4 heteroatoms. The van der Waals surface area contributed by atoms with Crippen LogP contribution >= 0.6 is 0 Å². The number of aliphatic hydroxyl groups is 1. The Morgan fingerprint density at radius 1 is 0.955 bits per heavy atom. The van der Waals surface area contributed by atoms with E-state index in [1.165, 1.54) is 43.9 Å². The first-order chi connectivity index (χ1) is 10.8. The number of nitrogens with one attached hydrogen (secondary N) is 1. The van der Waals surface area contributed by atoms with Crippen molar-refractivity contribution >= 4 is 0 Å². The maximum atomic E-state index is 8.74. The van der Waals surface area contributed by atoms with Crippen LogP contribution in [0.15, 0.2) is 24.3 Å². The monoisotopic (exact) mass is 305 g/mol. The van der Waals surface area contributed by atoms with Gasteiger partial charge in [-0.2, -0.15) is 0 Å². The lowest BCUT2D eigenvalue weighted by Gasteiger charge is -2.34.